The van der Waals surface area contributed by atoms with Crippen molar-refractivity contribution in [3.05, 3.63) is 0 Å². The summed E-state index contributed by atoms with van der Waals surface area (Å²) in [4.78, 5) is 0. The highest BCUT2D eigenvalue weighted by atomic mass is 16.5. The zero-order valence-electron chi connectivity index (χ0n) is 6.27. The van der Waals surface area contributed by atoms with Gasteiger partial charge in [0, 0.05) is 0 Å². The van der Waals surface area contributed by atoms with E-state index in [1.54, 1.807) is 6.92 Å². The minimum Gasteiger partial charge on any atom is -0.389 e. The third-order valence-electron chi connectivity index (χ3n) is 1.95. The van der Waals surface area contributed by atoms with E-state index in [4.69, 9.17) is 10.00 Å². The standard InChI is InChI=1S/C7H11NO3/c1-4-6(9)7(10)5(2-8)3-11-4/h4-7,9-10H,3H2,1H3/t4-,5+,6+,7+/m0/s1. The van der Waals surface area contributed by atoms with Crippen LogP contribution in [0.4, 0.5) is 0 Å². The van der Waals surface area contributed by atoms with Crippen LogP contribution in [0.15, 0.2) is 0 Å². The van der Waals surface area contributed by atoms with Crippen molar-refractivity contribution in [2.24, 2.45) is 5.92 Å². The molecule has 0 amide bonds. The van der Waals surface area contributed by atoms with Gasteiger partial charge in [-0.3, -0.25) is 0 Å². The Morgan fingerprint density at radius 1 is 1.45 bits per heavy atom. The van der Waals surface area contributed by atoms with Crippen LogP contribution >= 0.6 is 0 Å². The number of nitriles is 1. The van der Waals surface area contributed by atoms with Gasteiger partial charge >= 0.3 is 0 Å². The molecule has 4 nitrogen and oxygen atoms in total. The lowest BCUT2D eigenvalue weighted by atomic mass is 9.94. The van der Waals surface area contributed by atoms with E-state index in [0.717, 1.165) is 0 Å². The molecule has 1 fully saturated rings. The molecule has 0 aromatic rings. The molecule has 0 bridgehead atoms. The highest BCUT2D eigenvalue weighted by Gasteiger charge is 2.35. The molecule has 62 valence electrons. The first kappa shape index (κ1) is 8.47. The molecule has 0 aromatic carbocycles. The fourth-order valence-electron chi connectivity index (χ4n) is 1.08. The van der Waals surface area contributed by atoms with Crippen LogP contribution in [0, 0.1) is 17.2 Å². The minimum absolute atomic E-state index is 0.204. The number of ether oxygens (including phenoxy) is 1. The summed E-state index contributed by atoms with van der Waals surface area (Å²) in [6.45, 7) is 1.87. The van der Waals surface area contributed by atoms with E-state index < -0.39 is 18.1 Å². The van der Waals surface area contributed by atoms with Crippen molar-refractivity contribution >= 4 is 0 Å². The van der Waals surface area contributed by atoms with Gasteiger partial charge in [0.1, 0.15) is 12.2 Å². The molecule has 4 atom stereocenters. The number of hydrogen-bond donors (Lipinski definition) is 2. The number of aliphatic hydroxyl groups is 2. The molecule has 0 aliphatic carbocycles. The van der Waals surface area contributed by atoms with Crippen molar-refractivity contribution in [2.75, 3.05) is 6.61 Å². The third-order valence-corrected chi connectivity index (χ3v) is 1.95. The van der Waals surface area contributed by atoms with Gasteiger partial charge in [-0.2, -0.15) is 5.26 Å². The van der Waals surface area contributed by atoms with Crippen molar-refractivity contribution in [2.45, 2.75) is 25.2 Å². The van der Waals surface area contributed by atoms with Crippen LogP contribution in [0.25, 0.3) is 0 Å². The molecule has 0 aromatic heterocycles. The van der Waals surface area contributed by atoms with Gasteiger partial charge in [-0.25, -0.2) is 0 Å². The van der Waals surface area contributed by atoms with Crippen LogP contribution in [0.3, 0.4) is 0 Å². The smallest absolute Gasteiger partial charge is 0.107 e. The van der Waals surface area contributed by atoms with E-state index in [1.165, 1.54) is 0 Å². The van der Waals surface area contributed by atoms with Crippen molar-refractivity contribution in [3.8, 4) is 6.07 Å². The number of nitrogens with zero attached hydrogens (tertiary/aromatic N) is 1. The maximum absolute atomic E-state index is 9.26. The van der Waals surface area contributed by atoms with Crippen molar-refractivity contribution in [1.29, 1.82) is 5.26 Å². The predicted octanol–water partition coefficient (Wildman–Crippen LogP) is -0.733. The van der Waals surface area contributed by atoms with Crippen LogP contribution in [-0.2, 0) is 4.74 Å². The van der Waals surface area contributed by atoms with Gasteiger partial charge in [-0.05, 0) is 6.92 Å². The van der Waals surface area contributed by atoms with Crippen molar-refractivity contribution < 1.29 is 14.9 Å². The van der Waals surface area contributed by atoms with Crippen LogP contribution in [0.2, 0.25) is 0 Å². The number of rotatable bonds is 0. The molecule has 0 spiro atoms. The highest BCUT2D eigenvalue weighted by Crippen LogP contribution is 2.19. The summed E-state index contributed by atoms with van der Waals surface area (Å²) in [5, 5.41) is 26.9. The van der Waals surface area contributed by atoms with Crippen molar-refractivity contribution in [1.82, 2.24) is 0 Å². The summed E-state index contributed by atoms with van der Waals surface area (Å²) in [6, 6.07) is 1.87. The molecule has 0 saturated carbocycles. The first-order valence-corrected chi connectivity index (χ1v) is 3.54. The first-order chi connectivity index (χ1) is 5.16. The molecule has 2 N–H and O–H groups in total. The molecule has 1 aliphatic rings. The van der Waals surface area contributed by atoms with Gasteiger partial charge in [0.15, 0.2) is 0 Å². The summed E-state index contributed by atoms with van der Waals surface area (Å²) in [7, 11) is 0. The Hall–Kier alpha value is -0.630. The SMILES string of the molecule is C[C@@H]1OC[C@@H](C#N)[C@@H](O)[C@@H]1O. The fraction of sp³-hybridized carbons (Fsp3) is 0.857. The molecule has 0 unspecified atom stereocenters. The largest absolute Gasteiger partial charge is 0.389 e. The first-order valence-electron chi connectivity index (χ1n) is 3.54. The monoisotopic (exact) mass is 157 g/mol. The zero-order chi connectivity index (χ0) is 8.43. The quantitative estimate of drug-likeness (QED) is 0.486. The Bertz CT molecular complexity index is 177. The Labute approximate surface area is 65.0 Å². The lowest BCUT2D eigenvalue weighted by Crippen LogP contribution is -2.48. The Morgan fingerprint density at radius 3 is 2.64 bits per heavy atom. The maximum atomic E-state index is 9.26. The minimum atomic E-state index is -0.969. The average Bonchev–Trinajstić information content (AvgIpc) is 2.01. The average molecular weight is 157 g/mol. The van der Waals surface area contributed by atoms with E-state index in [9.17, 15) is 10.2 Å². The predicted molar refractivity (Wildman–Crippen MR) is 36.5 cm³/mol. The zero-order valence-corrected chi connectivity index (χ0v) is 6.27. The molecule has 1 aliphatic heterocycles. The lowest BCUT2D eigenvalue weighted by Gasteiger charge is -2.32. The molecular formula is C7H11NO3. The Morgan fingerprint density at radius 2 is 2.09 bits per heavy atom. The fourth-order valence-corrected chi connectivity index (χ4v) is 1.08. The number of hydrogen-bond acceptors (Lipinski definition) is 4. The van der Waals surface area contributed by atoms with E-state index in [1.807, 2.05) is 6.07 Å². The summed E-state index contributed by atoms with van der Waals surface area (Å²) in [5.41, 5.74) is 0. The van der Waals surface area contributed by atoms with Gasteiger partial charge < -0.3 is 14.9 Å². The molecule has 1 rings (SSSR count). The summed E-state index contributed by atoms with van der Waals surface area (Å²) in [6.07, 6.45) is -2.29. The van der Waals surface area contributed by atoms with E-state index >= 15 is 0 Å². The Balaban J connectivity index is 2.61. The highest BCUT2D eigenvalue weighted by molar-refractivity contribution is 4.95. The lowest BCUT2D eigenvalue weighted by molar-refractivity contribution is -0.145. The van der Waals surface area contributed by atoms with Crippen molar-refractivity contribution in [3.63, 3.8) is 0 Å². The maximum Gasteiger partial charge on any atom is 0.107 e. The van der Waals surface area contributed by atoms with Gasteiger partial charge in [-0.1, -0.05) is 0 Å². The second kappa shape index (κ2) is 3.18. The van der Waals surface area contributed by atoms with Gasteiger partial charge in [0.05, 0.1) is 24.7 Å². The molecular weight excluding hydrogens is 146 g/mol. The molecule has 1 saturated heterocycles. The van der Waals surface area contributed by atoms with Crippen LogP contribution in [0.1, 0.15) is 6.92 Å². The molecule has 11 heavy (non-hydrogen) atoms. The summed E-state index contributed by atoms with van der Waals surface area (Å²) < 4.78 is 5.03. The van der Waals surface area contributed by atoms with Gasteiger partial charge in [0.25, 0.3) is 0 Å². The van der Waals surface area contributed by atoms with Crippen LogP contribution in [0.5, 0.6) is 0 Å². The van der Waals surface area contributed by atoms with Gasteiger partial charge in [-0.15, -0.1) is 0 Å². The second-order valence-corrected chi connectivity index (χ2v) is 2.76. The Kier molecular flexibility index (Phi) is 2.45. The normalized spacial score (nSPS) is 44.9. The van der Waals surface area contributed by atoms with E-state index in [0.29, 0.717) is 0 Å². The molecule has 0 radical (unpaired) electrons. The molecule has 4 heteroatoms. The second-order valence-electron chi connectivity index (χ2n) is 2.76. The van der Waals surface area contributed by atoms with E-state index in [-0.39, 0.29) is 12.7 Å². The third kappa shape index (κ3) is 1.51. The topological polar surface area (TPSA) is 73.5 Å². The summed E-state index contributed by atoms with van der Waals surface area (Å²) >= 11 is 0. The molecule has 1 heterocycles. The van der Waals surface area contributed by atoms with Crippen LogP contribution in [-0.4, -0.2) is 35.1 Å². The number of aliphatic hydroxyl groups excluding tert-OH is 2. The van der Waals surface area contributed by atoms with Crippen LogP contribution < -0.4 is 0 Å². The van der Waals surface area contributed by atoms with Gasteiger partial charge in [0.2, 0.25) is 0 Å². The van der Waals surface area contributed by atoms with E-state index in [2.05, 4.69) is 0 Å². The summed E-state index contributed by atoms with van der Waals surface area (Å²) in [5.74, 6) is -0.596.